The number of hydrogen-bond acceptors (Lipinski definition) is 3. The molecular weight excluding hydrogens is 170 g/mol. The molecule has 0 saturated heterocycles. The van der Waals surface area contributed by atoms with Gasteiger partial charge in [-0.05, 0) is 5.41 Å². The third-order valence-electron chi connectivity index (χ3n) is 1.65. The number of carbonyl (C=O) groups excluding carboxylic acids is 2. The summed E-state index contributed by atoms with van der Waals surface area (Å²) in [6, 6.07) is -0.588. The minimum Gasteiger partial charge on any atom is -0.467 e. The van der Waals surface area contributed by atoms with Gasteiger partial charge in [0, 0.05) is 6.92 Å². The summed E-state index contributed by atoms with van der Waals surface area (Å²) >= 11 is 0. The van der Waals surface area contributed by atoms with E-state index in [1.807, 2.05) is 20.8 Å². The molecule has 76 valence electrons. The summed E-state index contributed by atoms with van der Waals surface area (Å²) in [4.78, 5) is 22.1. The van der Waals surface area contributed by atoms with Crippen molar-refractivity contribution in [2.45, 2.75) is 33.7 Å². The lowest BCUT2D eigenvalue weighted by Gasteiger charge is -2.28. The fourth-order valence-corrected chi connectivity index (χ4v) is 0.950. The minimum atomic E-state index is -0.588. The van der Waals surface area contributed by atoms with Gasteiger partial charge in [-0.2, -0.15) is 0 Å². The topological polar surface area (TPSA) is 55.4 Å². The normalized spacial score (nSPS) is 13.3. The van der Waals surface area contributed by atoms with Crippen molar-refractivity contribution in [3.8, 4) is 0 Å². The van der Waals surface area contributed by atoms with E-state index in [9.17, 15) is 9.59 Å². The highest BCUT2D eigenvalue weighted by molar-refractivity contribution is 5.83. The van der Waals surface area contributed by atoms with Crippen LogP contribution in [0.2, 0.25) is 0 Å². The van der Waals surface area contributed by atoms with Crippen LogP contribution >= 0.6 is 0 Å². The van der Waals surface area contributed by atoms with Crippen molar-refractivity contribution < 1.29 is 14.3 Å². The molecule has 1 N–H and O–H groups in total. The fraction of sp³-hybridized carbons (Fsp3) is 0.778. The highest BCUT2D eigenvalue weighted by Crippen LogP contribution is 2.20. The first-order valence-corrected chi connectivity index (χ1v) is 4.14. The third-order valence-corrected chi connectivity index (χ3v) is 1.65. The Balaban J connectivity index is 4.56. The zero-order chi connectivity index (χ0) is 10.6. The Morgan fingerprint density at radius 3 is 2.00 bits per heavy atom. The molecule has 0 fully saturated rings. The summed E-state index contributed by atoms with van der Waals surface area (Å²) in [6.07, 6.45) is 0. The number of esters is 1. The van der Waals surface area contributed by atoms with Gasteiger partial charge in [0.05, 0.1) is 7.11 Å². The van der Waals surface area contributed by atoms with E-state index in [4.69, 9.17) is 0 Å². The summed E-state index contributed by atoms with van der Waals surface area (Å²) in [6.45, 7) is 6.97. The summed E-state index contributed by atoms with van der Waals surface area (Å²) in [5, 5.41) is 2.56. The molecule has 0 aromatic carbocycles. The molecule has 1 atom stereocenters. The molecule has 0 aliphatic rings. The van der Waals surface area contributed by atoms with Crippen LogP contribution in [-0.2, 0) is 14.3 Å². The lowest BCUT2D eigenvalue weighted by Crippen LogP contribution is -2.48. The van der Waals surface area contributed by atoms with Crippen LogP contribution in [-0.4, -0.2) is 25.0 Å². The summed E-state index contributed by atoms with van der Waals surface area (Å²) in [7, 11) is 1.31. The maximum Gasteiger partial charge on any atom is 0.328 e. The zero-order valence-electron chi connectivity index (χ0n) is 8.80. The molecule has 0 saturated carbocycles. The first-order chi connectivity index (χ1) is 5.79. The average molecular weight is 187 g/mol. The predicted octanol–water partition coefficient (Wildman–Crippen LogP) is 0.710. The van der Waals surface area contributed by atoms with Gasteiger partial charge in [0.2, 0.25) is 5.91 Å². The van der Waals surface area contributed by atoms with Gasteiger partial charge in [-0.3, -0.25) is 4.79 Å². The van der Waals surface area contributed by atoms with Crippen molar-refractivity contribution in [3.05, 3.63) is 0 Å². The van der Waals surface area contributed by atoms with Gasteiger partial charge in [0.1, 0.15) is 6.04 Å². The molecule has 0 rings (SSSR count). The average Bonchev–Trinajstić information content (AvgIpc) is 1.96. The SMILES string of the molecule is COC(=O)C(NC(C)=O)C(C)(C)C. The number of hydrogen-bond donors (Lipinski definition) is 1. The van der Waals surface area contributed by atoms with Gasteiger partial charge in [0.15, 0.2) is 0 Å². The number of carbonyl (C=O) groups is 2. The van der Waals surface area contributed by atoms with Crippen LogP contribution < -0.4 is 5.32 Å². The predicted molar refractivity (Wildman–Crippen MR) is 49.1 cm³/mol. The second-order valence-electron chi connectivity index (χ2n) is 4.02. The van der Waals surface area contributed by atoms with Crippen LogP contribution in [0.4, 0.5) is 0 Å². The van der Waals surface area contributed by atoms with Crippen LogP contribution in [0.25, 0.3) is 0 Å². The number of amides is 1. The first kappa shape index (κ1) is 11.9. The molecule has 1 amide bonds. The molecule has 0 aliphatic carbocycles. The van der Waals surface area contributed by atoms with Crippen LogP contribution in [0.15, 0.2) is 0 Å². The van der Waals surface area contributed by atoms with Crippen LogP contribution in [0, 0.1) is 5.41 Å². The van der Waals surface area contributed by atoms with Crippen molar-refractivity contribution in [2.75, 3.05) is 7.11 Å². The van der Waals surface area contributed by atoms with Gasteiger partial charge in [-0.15, -0.1) is 0 Å². The van der Waals surface area contributed by atoms with E-state index in [0.717, 1.165) is 0 Å². The van der Waals surface area contributed by atoms with Crippen molar-refractivity contribution in [2.24, 2.45) is 5.41 Å². The second-order valence-corrected chi connectivity index (χ2v) is 4.02. The van der Waals surface area contributed by atoms with Crippen molar-refractivity contribution in [1.29, 1.82) is 0 Å². The van der Waals surface area contributed by atoms with Gasteiger partial charge >= 0.3 is 5.97 Å². The van der Waals surface area contributed by atoms with E-state index in [1.165, 1.54) is 14.0 Å². The molecule has 13 heavy (non-hydrogen) atoms. The summed E-state index contributed by atoms with van der Waals surface area (Å²) < 4.78 is 4.59. The third kappa shape index (κ3) is 3.92. The van der Waals surface area contributed by atoms with Gasteiger partial charge in [0.25, 0.3) is 0 Å². The molecule has 0 heterocycles. The lowest BCUT2D eigenvalue weighted by atomic mass is 9.87. The number of ether oxygens (including phenoxy) is 1. The molecule has 0 aromatic rings. The van der Waals surface area contributed by atoms with Gasteiger partial charge in [-0.1, -0.05) is 20.8 Å². The Hall–Kier alpha value is -1.06. The van der Waals surface area contributed by atoms with Gasteiger partial charge in [-0.25, -0.2) is 4.79 Å². The van der Waals surface area contributed by atoms with E-state index in [0.29, 0.717) is 0 Å². The van der Waals surface area contributed by atoms with E-state index >= 15 is 0 Å². The van der Waals surface area contributed by atoms with E-state index < -0.39 is 12.0 Å². The number of nitrogens with one attached hydrogen (secondary N) is 1. The highest BCUT2D eigenvalue weighted by atomic mass is 16.5. The second kappa shape index (κ2) is 4.25. The quantitative estimate of drug-likeness (QED) is 0.648. The Morgan fingerprint density at radius 1 is 1.31 bits per heavy atom. The first-order valence-electron chi connectivity index (χ1n) is 4.14. The molecule has 0 spiro atoms. The standard InChI is InChI=1S/C9H17NO3/c1-6(11)10-7(8(12)13-5)9(2,3)4/h7H,1-5H3,(H,10,11). The van der Waals surface area contributed by atoms with Crippen molar-refractivity contribution >= 4 is 11.9 Å². The maximum atomic E-state index is 11.3. The molecule has 0 radical (unpaired) electrons. The van der Waals surface area contributed by atoms with E-state index in [-0.39, 0.29) is 11.3 Å². The van der Waals surface area contributed by atoms with E-state index in [2.05, 4.69) is 10.1 Å². The molecule has 0 bridgehead atoms. The van der Waals surface area contributed by atoms with Crippen molar-refractivity contribution in [1.82, 2.24) is 5.32 Å². The largest absolute Gasteiger partial charge is 0.467 e. The Bertz CT molecular complexity index is 205. The maximum absolute atomic E-state index is 11.3. The Morgan fingerprint density at radius 2 is 1.77 bits per heavy atom. The summed E-state index contributed by atoms with van der Waals surface area (Å²) in [5.74, 6) is -0.645. The van der Waals surface area contributed by atoms with Crippen molar-refractivity contribution in [3.63, 3.8) is 0 Å². The lowest BCUT2D eigenvalue weighted by molar-refractivity contribution is -0.148. The molecule has 0 aliphatic heterocycles. The Labute approximate surface area is 78.6 Å². The van der Waals surface area contributed by atoms with Crippen LogP contribution in [0.1, 0.15) is 27.7 Å². The number of methoxy groups -OCH3 is 1. The molecule has 4 heteroatoms. The summed E-state index contributed by atoms with van der Waals surface area (Å²) in [5.41, 5.74) is -0.335. The van der Waals surface area contributed by atoms with Crippen LogP contribution in [0.5, 0.6) is 0 Å². The fourth-order valence-electron chi connectivity index (χ4n) is 0.950. The molecule has 0 aromatic heterocycles. The number of rotatable bonds is 2. The monoisotopic (exact) mass is 187 g/mol. The smallest absolute Gasteiger partial charge is 0.328 e. The minimum absolute atomic E-state index is 0.231. The van der Waals surface area contributed by atoms with Gasteiger partial charge < -0.3 is 10.1 Å². The molecule has 4 nitrogen and oxygen atoms in total. The zero-order valence-corrected chi connectivity index (χ0v) is 8.80. The van der Waals surface area contributed by atoms with E-state index in [1.54, 1.807) is 0 Å². The Kier molecular flexibility index (Phi) is 3.91. The highest BCUT2D eigenvalue weighted by Gasteiger charge is 2.32. The molecule has 1 unspecified atom stereocenters. The molecular formula is C9H17NO3. The van der Waals surface area contributed by atoms with Crippen LogP contribution in [0.3, 0.4) is 0 Å².